The Kier molecular flexibility index (Phi) is 5.87. The van der Waals surface area contributed by atoms with Crippen molar-refractivity contribution >= 4 is 10.0 Å². The second-order valence-electron chi connectivity index (χ2n) is 6.64. The van der Waals surface area contributed by atoms with Crippen molar-refractivity contribution in [1.29, 1.82) is 0 Å². The molecule has 0 aromatic rings. The van der Waals surface area contributed by atoms with Gasteiger partial charge in [0.05, 0.1) is 6.26 Å². The van der Waals surface area contributed by atoms with Crippen LogP contribution in [0.3, 0.4) is 0 Å². The maximum atomic E-state index is 11.7. The van der Waals surface area contributed by atoms with E-state index < -0.39 is 10.0 Å². The molecule has 0 unspecified atom stereocenters. The highest BCUT2D eigenvalue weighted by Gasteiger charge is 2.27. The van der Waals surface area contributed by atoms with E-state index in [2.05, 4.69) is 11.8 Å². The van der Waals surface area contributed by atoms with Gasteiger partial charge in [0.25, 0.3) is 0 Å². The maximum absolute atomic E-state index is 11.7. The Morgan fingerprint density at radius 2 is 1.70 bits per heavy atom. The molecule has 2 atom stereocenters. The van der Waals surface area contributed by atoms with Crippen molar-refractivity contribution in [3.05, 3.63) is 0 Å². The highest BCUT2D eigenvalue weighted by Crippen LogP contribution is 2.24. The van der Waals surface area contributed by atoms with Gasteiger partial charge in [-0.05, 0) is 57.0 Å². The summed E-state index contributed by atoms with van der Waals surface area (Å²) < 4.78 is 25.0. The van der Waals surface area contributed by atoms with Crippen LogP contribution in [0.15, 0.2) is 0 Å². The van der Waals surface area contributed by atoms with Crippen molar-refractivity contribution in [2.45, 2.75) is 45.4 Å². The Morgan fingerprint density at radius 1 is 1.00 bits per heavy atom. The van der Waals surface area contributed by atoms with Crippen LogP contribution < -0.4 is 0 Å². The maximum Gasteiger partial charge on any atom is 0.211 e. The van der Waals surface area contributed by atoms with Gasteiger partial charge in [-0.15, -0.1) is 0 Å². The van der Waals surface area contributed by atoms with E-state index in [-0.39, 0.29) is 0 Å². The first-order valence-electron chi connectivity index (χ1n) is 8.16. The molecule has 5 heteroatoms. The van der Waals surface area contributed by atoms with Crippen LogP contribution in [0.2, 0.25) is 0 Å². The Labute approximate surface area is 124 Å². The Morgan fingerprint density at radius 3 is 2.40 bits per heavy atom. The first kappa shape index (κ1) is 16.2. The molecule has 2 aliphatic rings. The lowest BCUT2D eigenvalue weighted by Gasteiger charge is -2.34. The van der Waals surface area contributed by atoms with Crippen molar-refractivity contribution in [3.8, 4) is 0 Å². The topological polar surface area (TPSA) is 40.6 Å². The summed E-state index contributed by atoms with van der Waals surface area (Å²) in [5, 5.41) is 0. The minimum atomic E-state index is -3.00. The van der Waals surface area contributed by atoms with E-state index in [1.807, 2.05) is 0 Å². The third-order valence-electron chi connectivity index (χ3n) is 4.98. The molecule has 2 saturated heterocycles. The molecule has 0 aromatic heterocycles. The average molecular weight is 302 g/mol. The quantitative estimate of drug-likeness (QED) is 0.799. The van der Waals surface area contributed by atoms with E-state index in [1.54, 1.807) is 4.31 Å². The second kappa shape index (κ2) is 7.23. The molecule has 0 aromatic carbocycles. The highest BCUT2D eigenvalue weighted by atomic mass is 32.2. The van der Waals surface area contributed by atoms with Crippen molar-refractivity contribution in [3.63, 3.8) is 0 Å². The van der Waals surface area contributed by atoms with Gasteiger partial charge in [0.15, 0.2) is 0 Å². The Balaban J connectivity index is 1.83. The van der Waals surface area contributed by atoms with Crippen LogP contribution in [0.5, 0.6) is 0 Å². The fourth-order valence-electron chi connectivity index (χ4n) is 3.66. The monoisotopic (exact) mass is 302 g/mol. The van der Waals surface area contributed by atoms with Crippen molar-refractivity contribution in [2.24, 2.45) is 11.8 Å². The van der Waals surface area contributed by atoms with Gasteiger partial charge in [0.2, 0.25) is 10.0 Å². The molecule has 20 heavy (non-hydrogen) atoms. The smallest absolute Gasteiger partial charge is 0.211 e. The number of likely N-dealkylation sites (tertiary alicyclic amines) is 1. The molecule has 2 fully saturated rings. The van der Waals surface area contributed by atoms with Gasteiger partial charge in [-0.25, -0.2) is 12.7 Å². The summed E-state index contributed by atoms with van der Waals surface area (Å²) in [4.78, 5) is 2.58. The third-order valence-corrected chi connectivity index (χ3v) is 6.25. The van der Waals surface area contributed by atoms with Crippen molar-refractivity contribution < 1.29 is 8.42 Å². The summed E-state index contributed by atoms with van der Waals surface area (Å²) in [5.41, 5.74) is 0. The number of piperidine rings is 1. The van der Waals surface area contributed by atoms with Crippen LogP contribution in [-0.4, -0.2) is 56.6 Å². The molecule has 2 rings (SSSR count). The van der Waals surface area contributed by atoms with Gasteiger partial charge in [-0.2, -0.15) is 0 Å². The van der Waals surface area contributed by atoms with Crippen LogP contribution >= 0.6 is 0 Å². The molecule has 0 N–H and O–H groups in total. The minimum absolute atomic E-state index is 0.525. The summed E-state index contributed by atoms with van der Waals surface area (Å²) in [6, 6.07) is 0. The summed E-state index contributed by atoms with van der Waals surface area (Å²) in [5.74, 6) is 1.43. The van der Waals surface area contributed by atoms with Crippen LogP contribution in [-0.2, 0) is 10.0 Å². The first-order valence-corrected chi connectivity index (χ1v) is 10.0. The Hall–Kier alpha value is -0.130. The number of rotatable bonds is 4. The predicted octanol–water partition coefficient (Wildman–Crippen LogP) is 2.17. The van der Waals surface area contributed by atoms with E-state index in [4.69, 9.17) is 0 Å². The SMILES string of the molecule is CC[C@H]1CCCN(C[C@@H]2CCCN(S(C)(=O)=O)C2)CC1. The molecule has 2 heterocycles. The molecule has 0 amide bonds. The number of sulfonamides is 1. The van der Waals surface area contributed by atoms with E-state index >= 15 is 0 Å². The molecule has 2 aliphatic heterocycles. The molecule has 0 spiro atoms. The largest absolute Gasteiger partial charge is 0.303 e. The highest BCUT2D eigenvalue weighted by molar-refractivity contribution is 7.88. The lowest BCUT2D eigenvalue weighted by Crippen LogP contribution is -2.43. The van der Waals surface area contributed by atoms with E-state index in [9.17, 15) is 8.42 Å². The van der Waals surface area contributed by atoms with E-state index in [1.165, 1.54) is 51.4 Å². The van der Waals surface area contributed by atoms with Gasteiger partial charge in [-0.1, -0.05) is 13.3 Å². The third kappa shape index (κ3) is 4.71. The number of hydrogen-bond donors (Lipinski definition) is 0. The molecule has 0 aliphatic carbocycles. The zero-order valence-electron chi connectivity index (χ0n) is 13.1. The molecule has 0 radical (unpaired) electrons. The van der Waals surface area contributed by atoms with Gasteiger partial charge >= 0.3 is 0 Å². The summed E-state index contributed by atoms with van der Waals surface area (Å²) in [6.07, 6.45) is 8.84. The van der Waals surface area contributed by atoms with Crippen molar-refractivity contribution in [1.82, 2.24) is 9.21 Å². The summed E-state index contributed by atoms with van der Waals surface area (Å²) in [7, 11) is -3.00. The van der Waals surface area contributed by atoms with Crippen molar-refractivity contribution in [2.75, 3.05) is 39.0 Å². The number of hydrogen-bond acceptors (Lipinski definition) is 3. The minimum Gasteiger partial charge on any atom is -0.303 e. The summed E-state index contributed by atoms with van der Waals surface area (Å²) >= 11 is 0. The molecular formula is C15H30N2O2S. The van der Waals surface area contributed by atoms with Crippen LogP contribution in [0.4, 0.5) is 0 Å². The standard InChI is InChI=1S/C15H30N2O2S/c1-3-14-6-4-9-16(11-8-14)12-15-7-5-10-17(13-15)20(2,18)19/h14-15H,3-13H2,1-2H3/t14-,15-/m0/s1. The van der Waals surface area contributed by atoms with Gasteiger partial charge in [0.1, 0.15) is 0 Å². The molecule has 0 saturated carbocycles. The zero-order valence-corrected chi connectivity index (χ0v) is 13.9. The second-order valence-corrected chi connectivity index (χ2v) is 8.62. The number of nitrogens with zero attached hydrogens (tertiary/aromatic N) is 2. The normalized spacial score (nSPS) is 31.1. The summed E-state index contributed by atoms with van der Waals surface area (Å²) in [6.45, 7) is 7.23. The lowest BCUT2D eigenvalue weighted by molar-refractivity contribution is 0.181. The van der Waals surface area contributed by atoms with Crippen LogP contribution in [0, 0.1) is 11.8 Å². The zero-order chi connectivity index (χ0) is 14.6. The van der Waals surface area contributed by atoms with Crippen LogP contribution in [0.1, 0.15) is 45.4 Å². The van der Waals surface area contributed by atoms with E-state index in [0.717, 1.165) is 25.4 Å². The van der Waals surface area contributed by atoms with Gasteiger partial charge in [0, 0.05) is 19.6 Å². The molecule has 118 valence electrons. The lowest BCUT2D eigenvalue weighted by atomic mass is 9.98. The fourth-order valence-corrected chi connectivity index (χ4v) is 4.60. The molecular weight excluding hydrogens is 272 g/mol. The predicted molar refractivity (Wildman–Crippen MR) is 83.2 cm³/mol. The van der Waals surface area contributed by atoms with Gasteiger partial charge in [-0.3, -0.25) is 0 Å². The Bertz CT molecular complexity index is 397. The fraction of sp³-hybridized carbons (Fsp3) is 1.00. The molecule has 0 bridgehead atoms. The average Bonchev–Trinajstić information content (AvgIpc) is 2.63. The van der Waals surface area contributed by atoms with Crippen LogP contribution in [0.25, 0.3) is 0 Å². The van der Waals surface area contributed by atoms with E-state index in [0.29, 0.717) is 12.5 Å². The molecule has 4 nitrogen and oxygen atoms in total. The van der Waals surface area contributed by atoms with Gasteiger partial charge < -0.3 is 4.90 Å². The first-order chi connectivity index (χ1) is 9.49.